The van der Waals surface area contributed by atoms with Gasteiger partial charge in [0.05, 0.1) is 12.7 Å². The van der Waals surface area contributed by atoms with E-state index in [0.717, 1.165) is 12.5 Å². The van der Waals surface area contributed by atoms with Crippen molar-refractivity contribution < 1.29 is 4.74 Å². The molecule has 1 aliphatic heterocycles. The maximum absolute atomic E-state index is 5.17. The van der Waals surface area contributed by atoms with Crippen LogP contribution in [-0.4, -0.2) is 12.7 Å². The van der Waals surface area contributed by atoms with Crippen LogP contribution in [0.3, 0.4) is 0 Å². The van der Waals surface area contributed by atoms with Crippen LogP contribution in [-0.2, 0) is 4.74 Å². The van der Waals surface area contributed by atoms with E-state index in [9.17, 15) is 0 Å². The van der Waals surface area contributed by atoms with E-state index in [2.05, 4.69) is 13.8 Å². The van der Waals surface area contributed by atoms with Crippen LogP contribution in [0.4, 0.5) is 0 Å². The lowest BCUT2D eigenvalue weighted by molar-refractivity contribution is 0.361. The van der Waals surface area contributed by atoms with E-state index in [0.29, 0.717) is 11.5 Å². The lowest BCUT2D eigenvalue weighted by atomic mass is 10.1. The maximum Gasteiger partial charge on any atom is 0.0843 e. The van der Waals surface area contributed by atoms with E-state index in [1.165, 1.54) is 6.42 Å². The molecule has 46 valence electrons. The highest BCUT2D eigenvalue weighted by atomic mass is 16.6. The monoisotopic (exact) mass is 112 g/mol. The second-order valence-electron chi connectivity index (χ2n) is 3.67. The second-order valence-corrected chi connectivity index (χ2v) is 3.67. The van der Waals surface area contributed by atoms with Crippen LogP contribution in [0.1, 0.15) is 20.3 Å². The van der Waals surface area contributed by atoms with Crippen molar-refractivity contribution in [2.24, 2.45) is 11.3 Å². The van der Waals surface area contributed by atoms with Crippen LogP contribution in [0.5, 0.6) is 0 Å². The Labute approximate surface area is 50.0 Å². The van der Waals surface area contributed by atoms with Crippen molar-refractivity contribution in [2.75, 3.05) is 6.61 Å². The van der Waals surface area contributed by atoms with E-state index < -0.39 is 0 Å². The van der Waals surface area contributed by atoms with E-state index in [1.807, 2.05) is 0 Å². The zero-order valence-corrected chi connectivity index (χ0v) is 5.48. The molecule has 1 nitrogen and oxygen atoms in total. The Morgan fingerprint density at radius 1 is 1.50 bits per heavy atom. The molecule has 2 fully saturated rings. The van der Waals surface area contributed by atoms with Crippen LogP contribution in [0.25, 0.3) is 0 Å². The van der Waals surface area contributed by atoms with Gasteiger partial charge in [-0.1, -0.05) is 13.8 Å². The van der Waals surface area contributed by atoms with Gasteiger partial charge in [-0.05, 0) is 17.8 Å². The average molecular weight is 112 g/mol. The van der Waals surface area contributed by atoms with Crippen LogP contribution < -0.4 is 0 Å². The van der Waals surface area contributed by atoms with Gasteiger partial charge in [-0.2, -0.15) is 0 Å². The molecule has 0 bridgehead atoms. The number of epoxide rings is 1. The molecule has 0 radical (unpaired) electrons. The summed E-state index contributed by atoms with van der Waals surface area (Å²) in [5, 5.41) is 0. The largest absolute Gasteiger partial charge is 0.373 e. The quantitative estimate of drug-likeness (QED) is 0.467. The van der Waals surface area contributed by atoms with E-state index in [1.54, 1.807) is 0 Å². The third-order valence-electron chi connectivity index (χ3n) is 2.40. The molecule has 0 aromatic rings. The summed E-state index contributed by atoms with van der Waals surface area (Å²) in [4.78, 5) is 0. The van der Waals surface area contributed by atoms with Crippen molar-refractivity contribution in [3.63, 3.8) is 0 Å². The van der Waals surface area contributed by atoms with Crippen molar-refractivity contribution in [1.29, 1.82) is 0 Å². The number of ether oxygens (including phenoxy) is 1. The molecule has 2 aliphatic rings. The van der Waals surface area contributed by atoms with Gasteiger partial charge in [-0.15, -0.1) is 0 Å². The summed E-state index contributed by atoms with van der Waals surface area (Å²) >= 11 is 0. The molecule has 1 aliphatic carbocycles. The third kappa shape index (κ3) is 0.576. The van der Waals surface area contributed by atoms with E-state index >= 15 is 0 Å². The highest BCUT2D eigenvalue weighted by Gasteiger charge is 2.54. The Balaban J connectivity index is 1.95. The zero-order valence-electron chi connectivity index (χ0n) is 5.48. The Kier molecular flexibility index (Phi) is 0.663. The minimum Gasteiger partial charge on any atom is -0.373 e. The highest BCUT2D eigenvalue weighted by molar-refractivity contribution is 5.03. The van der Waals surface area contributed by atoms with Crippen LogP contribution in [0, 0.1) is 11.3 Å². The maximum atomic E-state index is 5.17. The minimum atomic E-state index is 0.626. The van der Waals surface area contributed by atoms with Gasteiger partial charge in [0.2, 0.25) is 0 Å². The third-order valence-corrected chi connectivity index (χ3v) is 2.40. The average Bonchev–Trinajstić information content (AvgIpc) is 2.37. The van der Waals surface area contributed by atoms with Crippen molar-refractivity contribution in [3.8, 4) is 0 Å². The predicted octanol–water partition coefficient (Wildman–Crippen LogP) is 1.43. The topological polar surface area (TPSA) is 12.5 Å². The van der Waals surface area contributed by atoms with E-state index in [4.69, 9.17) is 4.74 Å². The summed E-state index contributed by atoms with van der Waals surface area (Å²) in [5.41, 5.74) is 0.626. The van der Waals surface area contributed by atoms with Crippen molar-refractivity contribution >= 4 is 0 Å². The molecule has 0 aromatic heterocycles. The van der Waals surface area contributed by atoms with Crippen LogP contribution in [0.2, 0.25) is 0 Å². The summed E-state index contributed by atoms with van der Waals surface area (Å²) in [6.07, 6.45) is 2.04. The molecule has 0 N–H and O–H groups in total. The Morgan fingerprint density at radius 3 is 2.12 bits per heavy atom. The summed E-state index contributed by atoms with van der Waals surface area (Å²) in [7, 11) is 0. The van der Waals surface area contributed by atoms with Gasteiger partial charge < -0.3 is 4.74 Å². The number of rotatable bonds is 1. The minimum absolute atomic E-state index is 0.626. The first kappa shape index (κ1) is 4.80. The molecule has 1 heteroatoms. The first-order chi connectivity index (χ1) is 3.70. The Morgan fingerprint density at radius 2 is 2.00 bits per heavy atom. The van der Waals surface area contributed by atoms with Crippen molar-refractivity contribution in [3.05, 3.63) is 0 Å². The molecular weight excluding hydrogens is 100 g/mol. The Hall–Kier alpha value is -0.0400. The number of hydrogen-bond donors (Lipinski definition) is 0. The second kappa shape index (κ2) is 1.10. The Bertz CT molecular complexity index is 114. The van der Waals surface area contributed by atoms with Gasteiger partial charge in [-0.3, -0.25) is 0 Å². The van der Waals surface area contributed by atoms with Gasteiger partial charge in [0.25, 0.3) is 0 Å². The van der Waals surface area contributed by atoms with Crippen LogP contribution >= 0.6 is 0 Å². The lowest BCUT2D eigenvalue weighted by Crippen LogP contribution is -1.96. The fourth-order valence-electron chi connectivity index (χ4n) is 1.43. The highest BCUT2D eigenvalue weighted by Crippen LogP contribution is 2.56. The molecule has 1 heterocycles. The SMILES string of the molecule is CC1(C)CC1C1CO1. The lowest BCUT2D eigenvalue weighted by Gasteiger charge is -1.95. The molecule has 0 aromatic carbocycles. The molecule has 2 rings (SSSR count). The number of hydrogen-bond acceptors (Lipinski definition) is 1. The fraction of sp³-hybridized carbons (Fsp3) is 1.00. The van der Waals surface area contributed by atoms with Crippen LogP contribution in [0.15, 0.2) is 0 Å². The van der Waals surface area contributed by atoms with Gasteiger partial charge in [0, 0.05) is 0 Å². The van der Waals surface area contributed by atoms with Crippen molar-refractivity contribution in [2.45, 2.75) is 26.4 Å². The van der Waals surface area contributed by atoms with E-state index in [-0.39, 0.29) is 0 Å². The van der Waals surface area contributed by atoms with Gasteiger partial charge in [-0.25, -0.2) is 0 Å². The van der Waals surface area contributed by atoms with Crippen molar-refractivity contribution in [1.82, 2.24) is 0 Å². The summed E-state index contributed by atoms with van der Waals surface area (Å²) in [6, 6.07) is 0. The fourth-order valence-corrected chi connectivity index (χ4v) is 1.43. The zero-order chi connectivity index (χ0) is 5.78. The molecule has 1 saturated carbocycles. The molecule has 2 atom stereocenters. The molecule has 2 unspecified atom stereocenters. The summed E-state index contributed by atoms with van der Waals surface area (Å²) in [6.45, 7) is 5.67. The first-order valence-corrected chi connectivity index (χ1v) is 3.32. The molecule has 0 spiro atoms. The van der Waals surface area contributed by atoms with Gasteiger partial charge in [0.1, 0.15) is 0 Å². The molecule has 0 amide bonds. The smallest absolute Gasteiger partial charge is 0.0843 e. The normalized spacial score (nSPS) is 48.8. The van der Waals surface area contributed by atoms with Gasteiger partial charge in [0.15, 0.2) is 0 Å². The summed E-state index contributed by atoms with van der Waals surface area (Å²) < 4.78 is 5.17. The molecule has 8 heavy (non-hydrogen) atoms. The molecule has 1 saturated heterocycles. The summed E-state index contributed by atoms with van der Waals surface area (Å²) in [5.74, 6) is 0.905. The first-order valence-electron chi connectivity index (χ1n) is 3.32. The molecular formula is C7H12O. The van der Waals surface area contributed by atoms with Gasteiger partial charge >= 0.3 is 0 Å². The standard InChI is InChI=1S/C7H12O/c1-7(2)3-5(7)6-4-8-6/h5-6H,3-4H2,1-2H3. The predicted molar refractivity (Wildman–Crippen MR) is 31.6 cm³/mol.